The van der Waals surface area contributed by atoms with Gasteiger partial charge in [0.15, 0.2) is 11.3 Å². The molecule has 5 rings (SSSR count). The van der Waals surface area contributed by atoms with Crippen molar-refractivity contribution in [3.8, 4) is 11.8 Å². The van der Waals surface area contributed by atoms with Crippen LogP contribution in [0.15, 0.2) is 81.7 Å². The molecule has 21 nitrogen and oxygen atoms in total. The molecule has 6 N–H and O–H groups in total. The van der Waals surface area contributed by atoms with E-state index in [0.717, 1.165) is 12.1 Å². The number of carbonyl (C=O) groups excluding carboxylic acids is 1. The molecule has 0 amide bonds. The Morgan fingerprint density at radius 3 is 1.70 bits per heavy atom. The molecule has 2 aliphatic rings. The molecule has 0 radical (unpaired) electrons. The van der Waals surface area contributed by atoms with Crippen molar-refractivity contribution in [1.82, 2.24) is 4.73 Å². The van der Waals surface area contributed by atoms with Gasteiger partial charge in [0.25, 0.3) is 40.5 Å². The number of allylic oxidation sites excluding steroid dienone is 4. The minimum atomic E-state index is -4.78. The zero-order valence-electron chi connectivity index (χ0n) is 45.8. The van der Waals surface area contributed by atoms with Crippen LogP contribution >= 0.6 is 0 Å². The van der Waals surface area contributed by atoms with Crippen LogP contribution in [0.2, 0.25) is 0 Å². The van der Waals surface area contributed by atoms with Crippen molar-refractivity contribution in [2.45, 2.75) is 177 Å². The molecule has 0 bridgehead atoms. The van der Waals surface area contributed by atoms with Gasteiger partial charge in [0.1, 0.15) is 0 Å². The van der Waals surface area contributed by atoms with Crippen LogP contribution in [0.1, 0.15) is 146 Å². The fourth-order valence-electron chi connectivity index (χ4n) is 10.1. The third-order valence-electron chi connectivity index (χ3n) is 14.3. The predicted octanol–water partition coefficient (Wildman–Crippen LogP) is 8.08. The van der Waals surface area contributed by atoms with Gasteiger partial charge >= 0.3 is 5.97 Å². The quantitative estimate of drug-likeness (QED) is 0.0345. The van der Waals surface area contributed by atoms with Crippen molar-refractivity contribution >= 4 is 63.5 Å². The lowest BCUT2D eigenvalue weighted by atomic mass is 9.75. The fraction of sp³-hybridized carbons (Fsp3) is 0.577. The number of hydrogen-bond donors (Lipinski definition) is 6. The molecule has 3 aromatic rings. The highest BCUT2D eigenvalue weighted by atomic mass is 32.2. The van der Waals surface area contributed by atoms with E-state index in [4.69, 9.17) is 14.3 Å². The molecule has 2 unspecified atom stereocenters. The van der Waals surface area contributed by atoms with Gasteiger partial charge in [-0.3, -0.25) is 18.2 Å². The third kappa shape index (κ3) is 15.6. The van der Waals surface area contributed by atoms with E-state index in [2.05, 4.69) is 0 Å². The van der Waals surface area contributed by atoms with E-state index in [-0.39, 0.29) is 51.6 Å². The Labute approximate surface area is 453 Å². The Bertz CT molecular complexity index is 3280. The number of aromatic nitrogens is 1. The van der Waals surface area contributed by atoms with E-state index in [1.54, 1.807) is 39.8 Å². The summed E-state index contributed by atoms with van der Waals surface area (Å²) in [5.74, 6) is -2.97. The molecule has 0 saturated carbocycles. The lowest BCUT2D eigenvalue weighted by Crippen LogP contribution is -2.45. The monoisotopic (exact) mass is 1160 g/mol. The zero-order chi connectivity index (χ0) is 58.3. The molecule has 2 aliphatic heterocycles. The molecule has 2 atom stereocenters. The maximum atomic E-state index is 12.8. The topological polar surface area (TPSA) is 314 Å². The van der Waals surface area contributed by atoms with Crippen LogP contribution in [0.3, 0.4) is 0 Å². The first-order valence-corrected chi connectivity index (χ1v) is 31.1. The summed E-state index contributed by atoms with van der Waals surface area (Å²) in [6.45, 7) is 22.9. The average molecular weight is 1160 g/mol. The van der Waals surface area contributed by atoms with Crippen molar-refractivity contribution in [3.05, 3.63) is 83.1 Å². The van der Waals surface area contributed by atoms with Crippen LogP contribution < -0.4 is 9.74 Å². The lowest BCUT2D eigenvalue weighted by Gasteiger charge is -2.42. The second-order valence-electron chi connectivity index (χ2n) is 23.2. The number of fused-ring (bicyclic) bond motifs is 2. The maximum absolute atomic E-state index is 12.8. The molecule has 1 aromatic heterocycles. The standard InChI is InChI=1S/C52H75N3O18S4/c1-35(31-42-51(11,22-13-29-74(59,60)61)38-33-36(76(65,66)67)15-17-40(38)53(42)48(5,6)25-27-71-47(2,3)4)32-43-52(12,23-14-30-75(62,63)64)39-34-37(77(68,69)70)16-18-41(39)54(43)49(7,8)26-28-72-50(9,10)24-21-46(58)73-55-44(56)19-20-45(55)57/h15-20,31-34H,13-14,21-30H2,1-12H3,(H5-,56,57,59,60,61,62,63,64,65,66,67,68,69,70)/p+1. The fourth-order valence-corrected chi connectivity index (χ4v) is 12.2. The predicted molar refractivity (Wildman–Crippen MR) is 289 cm³/mol. The van der Waals surface area contributed by atoms with Gasteiger partial charge in [-0.15, -0.1) is 4.73 Å². The molecule has 0 fully saturated rings. The molecule has 25 heteroatoms. The van der Waals surface area contributed by atoms with Gasteiger partial charge in [0.2, 0.25) is 17.4 Å². The van der Waals surface area contributed by atoms with Gasteiger partial charge in [-0.25, -0.2) is 4.79 Å². The highest BCUT2D eigenvalue weighted by Gasteiger charge is 2.53. The molecule has 0 spiro atoms. The molecular weight excluding hydrogens is 1080 g/mol. The number of anilines is 1. The number of aromatic hydroxyl groups is 2. The van der Waals surface area contributed by atoms with E-state index < -0.39 is 113 Å². The summed E-state index contributed by atoms with van der Waals surface area (Å²) < 4.78 is 155. The maximum Gasteiger partial charge on any atom is 0.333 e. The van der Waals surface area contributed by atoms with Gasteiger partial charge in [-0.05, 0) is 155 Å². The Hall–Kier alpha value is -4.70. The number of ether oxygens (including phenoxy) is 2. The van der Waals surface area contributed by atoms with E-state index >= 15 is 0 Å². The molecule has 3 heterocycles. The van der Waals surface area contributed by atoms with E-state index in [0.29, 0.717) is 57.2 Å². The Morgan fingerprint density at radius 2 is 1.18 bits per heavy atom. The highest BCUT2D eigenvalue weighted by Crippen LogP contribution is 2.55. The van der Waals surface area contributed by atoms with Crippen LogP contribution in [0, 0.1) is 0 Å². The summed E-state index contributed by atoms with van der Waals surface area (Å²) in [5.41, 5.74) is -2.02. The summed E-state index contributed by atoms with van der Waals surface area (Å²) in [6.07, 6.45) is 4.33. The lowest BCUT2D eigenvalue weighted by molar-refractivity contribution is -0.525. The number of rotatable bonds is 25. The molecule has 77 heavy (non-hydrogen) atoms. The van der Waals surface area contributed by atoms with E-state index in [9.17, 15) is 66.9 Å². The number of benzene rings is 2. The number of nitrogens with zero attached hydrogens (tertiary/aromatic N) is 3. The highest BCUT2D eigenvalue weighted by molar-refractivity contribution is 7.86. The Balaban J connectivity index is 1.73. The van der Waals surface area contributed by atoms with Gasteiger partial charge in [0.05, 0.1) is 50.9 Å². The minimum absolute atomic E-state index is 0.0271. The van der Waals surface area contributed by atoms with Crippen LogP contribution in [-0.2, 0) is 65.6 Å². The first-order chi connectivity index (χ1) is 34.9. The van der Waals surface area contributed by atoms with Gasteiger partial charge in [-0.1, -0.05) is 0 Å². The number of carbonyl (C=O) groups is 1. The van der Waals surface area contributed by atoms with Gasteiger partial charge < -0.3 is 29.4 Å². The molecular formula is C52H76N3O18S4+. The van der Waals surface area contributed by atoms with Crippen molar-refractivity contribution in [2.24, 2.45) is 0 Å². The van der Waals surface area contributed by atoms with Crippen molar-refractivity contribution in [2.75, 3.05) is 29.6 Å². The molecule has 430 valence electrons. The Morgan fingerprint density at radius 1 is 0.675 bits per heavy atom. The van der Waals surface area contributed by atoms with Gasteiger partial charge in [-0.2, -0.15) is 38.2 Å². The van der Waals surface area contributed by atoms with Crippen molar-refractivity contribution in [3.63, 3.8) is 0 Å². The minimum Gasteiger partial charge on any atom is -0.492 e. The Kier molecular flexibility index (Phi) is 18.4. The second kappa shape index (κ2) is 22.4. The average Bonchev–Trinajstić information content (AvgIpc) is 3.80. The first-order valence-electron chi connectivity index (χ1n) is 25.0. The number of hydrogen-bond acceptors (Lipinski definition) is 15. The van der Waals surface area contributed by atoms with Crippen molar-refractivity contribution < 1.29 is 85.8 Å². The molecule has 0 saturated heterocycles. The van der Waals surface area contributed by atoms with Crippen LogP contribution in [0.4, 0.5) is 11.4 Å². The first kappa shape index (κ1) is 63.1. The SMILES string of the molecule is CC(=CC1=[N+](C(C)(C)CCOC(C)(C)CCC(=O)On2c(O)ccc2O)c2ccc(S(=O)(=O)O)cc2C1(C)CCCS(=O)(=O)O)C=C1N(C(C)(C)CCOC(C)(C)C)c2ccc(S(=O)(=O)O)cc2C1(C)CCCS(=O)(=O)O. The van der Waals surface area contributed by atoms with E-state index in [1.165, 1.54) is 24.3 Å². The largest absolute Gasteiger partial charge is 0.492 e. The van der Waals surface area contributed by atoms with Crippen LogP contribution in [0.5, 0.6) is 11.8 Å². The third-order valence-corrected chi connectivity index (χ3v) is 17.6. The summed E-state index contributed by atoms with van der Waals surface area (Å²) in [4.78, 5) is 19.1. The molecule has 0 aliphatic carbocycles. The molecule has 2 aromatic carbocycles. The smallest absolute Gasteiger partial charge is 0.333 e. The summed E-state index contributed by atoms with van der Waals surface area (Å²) in [6, 6.07) is 10.6. The summed E-state index contributed by atoms with van der Waals surface area (Å²) >= 11 is 0. The van der Waals surface area contributed by atoms with Crippen LogP contribution in [0.25, 0.3) is 0 Å². The normalized spacial score (nSPS) is 19.6. The van der Waals surface area contributed by atoms with E-state index in [1.807, 2.05) is 77.0 Å². The summed E-state index contributed by atoms with van der Waals surface area (Å²) in [7, 11) is -18.5. The van der Waals surface area contributed by atoms with Crippen LogP contribution in [-0.4, -0.2) is 130 Å². The zero-order valence-corrected chi connectivity index (χ0v) is 49.1. The van der Waals surface area contributed by atoms with Gasteiger partial charge in [0, 0.05) is 79.1 Å². The van der Waals surface area contributed by atoms with Crippen molar-refractivity contribution in [1.29, 1.82) is 0 Å². The second-order valence-corrected chi connectivity index (χ2v) is 29.2. The summed E-state index contributed by atoms with van der Waals surface area (Å²) in [5, 5.41) is 19.8.